The van der Waals surface area contributed by atoms with E-state index in [0.29, 0.717) is 17.2 Å². The molecule has 1 aliphatic heterocycles. The van der Waals surface area contributed by atoms with Gasteiger partial charge < -0.3 is 14.6 Å². The molecule has 1 heterocycles. The number of aliphatic hydroxyl groups is 1. The average Bonchev–Trinajstić information content (AvgIpc) is 2.63. The molecule has 130 valence electrons. The minimum atomic E-state index is -0.412. The van der Waals surface area contributed by atoms with Crippen molar-refractivity contribution >= 4 is 17.9 Å². The first kappa shape index (κ1) is 17.9. The van der Waals surface area contributed by atoms with Crippen LogP contribution in [0.15, 0.2) is 53.6 Å². The quantitative estimate of drug-likeness (QED) is 0.629. The fourth-order valence-electron chi connectivity index (χ4n) is 2.14. The van der Waals surface area contributed by atoms with Crippen LogP contribution >= 0.6 is 0 Å². The first-order chi connectivity index (χ1) is 12.0. The summed E-state index contributed by atoms with van der Waals surface area (Å²) in [6.07, 6.45) is 5.76. The van der Waals surface area contributed by atoms with Gasteiger partial charge >= 0.3 is 0 Å². The van der Waals surface area contributed by atoms with Crippen molar-refractivity contribution in [3.63, 3.8) is 0 Å². The molecule has 1 aromatic carbocycles. The monoisotopic (exact) mass is 342 g/mol. The smallest absolute Gasteiger partial charge is 0.262 e. The summed E-state index contributed by atoms with van der Waals surface area (Å²) in [7, 11) is 3.08. The molecular formula is C18H18N2O5. The van der Waals surface area contributed by atoms with E-state index in [4.69, 9.17) is 9.47 Å². The molecule has 0 fully saturated rings. The molecule has 2 rings (SSSR count). The number of carbonyl (C=O) groups is 1. The lowest BCUT2D eigenvalue weighted by Crippen LogP contribution is -2.38. The molecule has 0 atom stereocenters. The number of nitrogens with zero attached hydrogens (tertiary/aromatic N) is 1. The van der Waals surface area contributed by atoms with Crippen molar-refractivity contribution in [3.05, 3.63) is 59.1 Å². The second-order valence-corrected chi connectivity index (χ2v) is 5.06. The highest BCUT2D eigenvalue weighted by atomic mass is 16.5. The van der Waals surface area contributed by atoms with Gasteiger partial charge in [0.15, 0.2) is 17.3 Å². The maximum Gasteiger partial charge on any atom is 0.262 e. The van der Waals surface area contributed by atoms with E-state index in [1.165, 1.54) is 30.5 Å². The number of carbonyl (C=O) groups excluding carboxylic acids is 2. The van der Waals surface area contributed by atoms with Gasteiger partial charge in [-0.3, -0.25) is 15.2 Å². The molecule has 25 heavy (non-hydrogen) atoms. The standard InChI is InChI=1S/C18H18N2O5/c1-12-18(23)14(11-21)8-9-20(12)19-17(22)7-5-13-4-6-15(24-2)16(10-13)25-3/h4-10,23H,1-3H3,(H,19,22)/b7-5+. The summed E-state index contributed by atoms with van der Waals surface area (Å²) < 4.78 is 10.4. The topological polar surface area (TPSA) is 88.1 Å². The van der Waals surface area contributed by atoms with Crippen LogP contribution in [0.25, 0.3) is 6.08 Å². The van der Waals surface area contributed by atoms with Gasteiger partial charge in [0.1, 0.15) is 11.5 Å². The first-order valence-corrected chi connectivity index (χ1v) is 7.33. The molecule has 1 aliphatic rings. The number of methoxy groups -OCH3 is 2. The zero-order chi connectivity index (χ0) is 18.4. The molecular weight excluding hydrogens is 324 g/mol. The van der Waals surface area contributed by atoms with E-state index in [-0.39, 0.29) is 11.3 Å². The summed E-state index contributed by atoms with van der Waals surface area (Å²) in [5.41, 5.74) is 3.67. The Hall–Kier alpha value is -3.44. The van der Waals surface area contributed by atoms with Crippen LogP contribution in [0.4, 0.5) is 0 Å². The second kappa shape index (κ2) is 7.90. The molecule has 0 spiro atoms. The highest BCUT2D eigenvalue weighted by Gasteiger charge is 2.17. The van der Waals surface area contributed by atoms with E-state index in [9.17, 15) is 14.7 Å². The van der Waals surface area contributed by atoms with Crippen molar-refractivity contribution < 1.29 is 24.2 Å². The molecule has 0 radical (unpaired) electrons. The van der Waals surface area contributed by atoms with Gasteiger partial charge in [0.05, 0.1) is 19.9 Å². The Morgan fingerprint density at radius 1 is 1.28 bits per heavy atom. The Morgan fingerprint density at radius 2 is 2.00 bits per heavy atom. The molecule has 0 saturated carbocycles. The second-order valence-electron chi connectivity index (χ2n) is 5.06. The van der Waals surface area contributed by atoms with Gasteiger partial charge in [-0.15, -0.1) is 0 Å². The van der Waals surface area contributed by atoms with Gasteiger partial charge in [0, 0.05) is 12.3 Å². The van der Waals surface area contributed by atoms with E-state index in [2.05, 4.69) is 5.43 Å². The van der Waals surface area contributed by atoms with Gasteiger partial charge in [-0.25, -0.2) is 4.79 Å². The Kier molecular flexibility index (Phi) is 5.66. The number of hydrogen-bond acceptors (Lipinski definition) is 6. The summed E-state index contributed by atoms with van der Waals surface area (Å²) in [5.74, 6) is 2.13. The van der Waals surface area contributed by atoms with Crippen LogP contribution in [0.2, 0.25) is 0 Å². The number of hydrogen-bond donors (Lipinski definition) is 2. The molecule has 0 aromatic heterocycles. The van der Waals surface area contributed by atoms with Crippen LogP contribution in [-0.2, 0) is 9.59 Å². The number of hydrazine groups is 1. The van der Waals surface area contributed by atoms with Crippen LogP contribution in [0.5, 0.6) is 11.5 Å². The number of ether oxygens (including phenoxy) is 2. The third-order valence-electron chi connectivity index (χ3n) is 3.52. The van der Waals surface area contributed by atoms with Crippen LogP contribution in [0.3, 0.4) is 0 Å². The molecule has 2 N–H and O–H groups in total. The third-order valence-corrected chi connectivity index (χ3v) is 3.52. The van der Waals surface area contributed by atoms with E-state index in [1.54, 1.807) is 44.3 Å². The van der Waals surface area contributed by atoms with Gasteiger partial charge in [-0.2, -0.15) is 0 Å². The van der Waals surface area contributed by atoms with Crippen LogP contribution in [0, 0.1) is 0 Å². The molecule has 0 saturated heterocycles. The van der Waals surface area contributed by atoms with Crippen LogP contribution in [-0.4, -0.2) is 36.2 Å². The summed E-state index contributed by atoms with van der Waals surface area (Å²) in [6.45, 7) is 1.56. The van der Waals surface area contributed by atoms with E-state index >= 15 is 0 Å². The van der Waals surface area contributed by atoms with Crippen molar-refractivity contribution in [3.8, 4) is 11.5 Å². The van der Waals surface area contributed by atoms with Gasteiger partial charge in [0.2, 0.25) is 0 Å². The summed E-state index contributed by atoms with van der Waals surface area (Å²) >= 11 is 0. The van der Waals surface area contributed by atoms with Crippen molar-refractivity contribution in [1.82, 2.24) is 10.4 Å². The average molecular weight is 342 g/mol. The van der Waals surface area contributed by atoms with Crippen molar-refractivity contribution in [1.29, 1.82) is 0 Å². The highest BCUT2D eigenvalue weighted by Crippen LogP contribution is 2.28. The molecule has 0 bridgehead atoms. The van der Waals surface area contributed by atoms with Crippen molar-refractivity contribution in [2.45, 2.75) is 6.92 Å². The predicted molar refractivity (Wildman–Crippen MR) is 92.2 cm³/mol. The van der Waals surface area contributed by atoms with Gasteiger partial charge in [-0.1, -0.05) is 6.07 Å². The molecule has 7 heteroatoms. The maximum atomic E-state index is 12.0. The summed E-state index contributed by atoms with van der Waals surface area (Å²) in [5, 5.41) is 11.1. The molecule has 7 nitrogen and oxygen atoms in total. The molecule has 0 unspecified atom stereocenters. The fraction of sp³-hybridized carbons (Fsp3) is 0.167. The Bertz CT molecular complexity index is 817. The Balaban J connectivity index is 2.08. The van der Waals surface area contributed by atoms with Gasteiger partial charge in [-0.05, 0) is 36.8 Å². The minimum Gasteiger partial charge on any atom is -0.505 e. The number of benzene rings is 1. The van der Waals surface area contributed by atoms with E-state index < -0.39 is 5.91 Å². The van der Waals surface area contributed by atoms with Crippen molar-refractivity contribution in [2.75, 3.05) is 14.2 Å². The predicted octanol–water partition coefficient (Wildman–Crippen LogP) is 2.12. The fourth-order valence-corrected chi connectivity index (χ4v) is 2.14. The van der Waals surface area contributed by atoms with Crippen LogP contribution in [0.1, 0.15) is 12.5 Å². The molecule has 1 aromatic rings. The minimum absolute atomic E-state index is 0.0314. The van der Waals surface area contributed by atoms with Crippen molar-refractivity contribution in [2.24, 2.45) is 0 Å². The lowest BCUT2D eigenvalue weighted by atomic mass is 10.1. The highest BCUT2D eigenvalue weighted by molar-refractivity contribution is 5.91. The van der Waals surface area contributed by atoms with E-state index in [0.717, 1.165) is 5.56 Å². The Labute approximate surface area is 145 Å². The molecule has 0 aliphatic carbocycles. The SMILES string of the molecule is COc1ccc(/C=C/C(=O)NN2C=CC(=C=O)C(O)=C2C)cc1OC. The molecule has 1 amide bonds. The number of allylic oxidation sites excluding steroid dienone is 2. The normalized spacial score (nSPS) is 13.9. The Morgan fingerprint density at radius 3 is 2.64 bits per heavy atom. The first-order valence-electron chi connectivity index (χ1n) is 7.33. The number of nitrogens with one attached hydrogen (secondary N) is 1. The summed E-state index contributed by atoms with van der Waals surface area (Å²) in [4.78, 5) is 22.7. The third kappa shape index (κ3) is 4.10. The van der Waals surface area contributed by atoms with Crippen LogP contribution < -0.4 is 14.9 Å². The zero-order valence-corrected chi connectivity index (χ0v) is 14.1. The van der Waals surface area contributed by atoms with E-state index in [1.807, 2.05) is 0 Å². The summed E-state index contributed by atoms with van der Waals surface area (Å²) in [6, 6.07) is 5.26. The number of amides is 1. The zero-order valence-electron chi connectivity index (χ0n) is 14.1. The lowest BCUT2D eigenvalue weighted by Gasteiger charge is -2.24. The maximum absolute atomic E-state index is 12.0. The lowest BCUT2D eigenvalue weighted by molar-refractivity contribution is -0.119. The van der Waals surface area contributed by atoms with Gasteiger partial charge in [0.25, 0.3) is 5.91 Å². The number of rotatable bonds is 5. The number of aliphatic hydroxyl groups excluding tert-OH is 1. The largest absolute Gasteiger partial charge is 0.505 e.